The first-order valence-electron chi connectivity index (χ1n) is 9.73. The molecule has 3 amide bonds. The molecule has 2 fully saturated rings. The number of carbonyl (C=O) groups is 3. The van der Waals surface area contributed by atoms with Crippen LogP contribution in [0, 0.1) is 0 Å². The summed E-state index contributed by atoms with van der Waals surface area (Å²) in [7, 11) is 0. The molecule has 2 aliphatic rings. The van der Waals surface area contributed by atoms with E-state index < -0.39 is 5.97 Å². The molecule has 1 aliphatic carbocycles. The molecule has 0 unspecified atom stereocenters. The van der Waals surface area contributed by atoms with E-state index >= 15 is 0 Å². The lowest BCUT2D eigenvalue weighted by Gasteiger charge is -2.33. The van der Waals surface area contributed by atoms with Crippen LogP contribution in [0.2, 0.25) is 0 Å². The Morgan fingerprint density at radius 1 is 0.852 bits per heavy atom. The number of hydrogen-bond acceptors (Lipinski definition) is 3. The molecule has 1 saturated carbocycles. The number of amides is 3. The first-order valence-corrected chi connectivity index (χ1v) is 9.73. The highest BCUT2D eigenvalue weighted by Crippen LogP contribution is 2.19. The van der Waals surface area contributed by atoms with Crippen LogP contribution in [-0.2, 0) is 0 Å². The number of nitrogens with zero attached hydrogens (tertiary/aromatic N) is 1. The van der Waals surface area contributed by atoms with Gasteiger partial charge in [-0.1, -0.05) is 31.4 Å². The third-order valence-corrected chi connectivity index (χ3v) is 5.45. The highest BCUT2D eigenvalue weighted by atomic mass is 16.4. The van der Waals surface area contributed by atoms with Crippen LogP contribution < -0.4 is 10.6 Å². The lowest BCUT2D eigenvalue weighted by Crippen LogP contribution is -2.51. The van der Waals surface area contributed by atoms with Crippen molar-refractivity contribution in [2.75, 3.05) is 13.1 Å². The van der Waals surface area contributed by atoms with E-state index in [1.54, 1.807) is 23.1 Å². The molecule has 3 N–H and O–H groups in total. The number of hydrogen-bond donors (Lipinski definition) is 3. The van der Waals surface area contributed by atoms with E-state index in [-0.39, 0.29) is 35.1 Å². The number of nitrogens with one attached hydrogen (secondary N) is 2. The quantitative estimate of drug-likeness (QED) is 0.755. The largest absolute Gasteiger partial charge is 0.478 e. The van der Waals surface area contributed by atoms with Crippen LogP contribution in [0.5, 0.6) is 0 Å². The molecule has 0 aromatic heterocycles. The van der Waals surface area contributed by atoms with Gasteiger partial charge in [-0.15, -0.1) is 0 Å². The summed E-state index contributed by atoms with van der Waals surface area (Å²) in [6.45, 7) is 1.00. The van der Waals surface area contributed by atoms with Gasteiger partial charge in [0.25, 0.3) is 5.91 Å². The zero-order valence-corrected chi connectivity index (χ0v) is 15.4. The van der Waals surface area contributed by atoms with Crippen molar-refractivity contribution in [2.24, 2.45) is 0 Å². The van der Waals surface area contributed by atoms with E-state index in [2.05, 4.69) is 10.6 Å². The molecular formula is C20H27N3O4. The molecule has 27 heavy (non-hydrogen) atoms. The van der Waals surface area contributed by atoms with Gasteiger partial charge < -0.3 is 20.6 Å². The van der Waals surface area contributed by atoms with Gasteiger partial charge in [0.05, 0.1) is 11.1 Å². The Bertz CT molecular complexity index is 692. The fraction of sp³-hybridized carbons (Fsp3) is 0.550. The predicted octanol–water partition coefficient (Wildman–Crippen LogP) is 2.62. The third kappa shape index (κ3) is 4.99. The van der Waals surface area contributed by atoms with E-state index in [0.29, 0.717) is 25.9 Å². The van der Waals surface area contributed by atoms with Crippen molar-refractivity contribution in [1.29, 1.82) is 0 Å². The van der Waals surface area contributed by atoms with Gasteiger partial charge in [0, 0.05) is 25.2 Å². The highest BCUT2D eigenvalue weighted by molar-refractivity contribution is 6.04. The third-order valence-electron chi connectivity index (χ3n) is 5.45. The molecule has 146 valence electrons. The molecule has 1 saturated heterocycles. The van der Waals surface area contributed by atoms with Crippen LogP contribution in [0.15, 0.2) is 24.3 Å². The number of piperidine rings is 1. The lowest BCUT2D eigenvalue weighted by molar-refractivity contribution is 0.0659. The number of carboxylic acids is 1. The van der Waals surface area contributed by atoms with Crippen molar-refractivity contribution in [3.05, 3.63) is 35.4 Å². The van der Waals surface area contributed by atoms with E-state index in [0.717, 1.165) is 12.8 Å². The van der Waals surface area contributed by atoms with Gasteiger partial charge in [-0.2, -0.15) is 0 Å². The summed E-state index contributed by atoms with van der Waals surface area (Å²) in [5, 5.41) is 15.3. The van der Waals surface area contributed by atoms with Crippen LogP contribution in [0.4, 0.5) is 4.79 Å². The molecule has 1 aliphatic heterocycles. The molecule has 1 aromatic rings. The molecular weight excluding hydrogens is 346 g/mol. The Morgan fingerprint density at radius 2 is 1.41 bits per heavy atom. The van der Waals surface area contributed by atoms with Gasteiger partial charge in [0.2, 0.25) is 0 Å². The first-order chi connectivity index (χ1) is 13.0. The summed E-state index contributed by atoms with van der Waals surface area (Å²) in [5.41, 5.74) is 0.237. The number of rotatable bonds is 4. The van der Waals surface area contributed by atoms with Crippen molar-refractivity contribution in [2.45, 2.75) is 57.0 Å². The summed E-state index contributed by atoms with van der Waals surface area (Å²) in [5.74, 6) is -1.37. The summed E-state index contributed by atoms with van der Waals surface area (Å²) >= 11 is 0. The standard InChI is InChI=1S/C20H27N3O4/c24-18(16-8-4-5-9-17(16)19(25)26)23-12-10-15(11-13-23)22-20(27)21-14-6-2-1-3-7-14/h4-5,8-9,14-15H,1-3,6-7,10-13H2,(H,25,26)(H2,21,22,27). The van der Waals surface area contributed by atoms with Gasteiger partial charge in [-0.25, -0.2) is 9.59 Å². The van der Waals surface area contributed by atoms with E-state index in [9.17, 15) is 19.5 Å². The van der Waals surface area contributed by atoms with Gasteiger partial charge in [-0.3, -0.25) is 4.79 Å². The summed E-state index contributed by atoms with van der Waals surface area (Å²) in [4.78, 5) is 37.8. The topological polar surface area (TPSA) is 98.7 Å². The Kier molecular flexibility index (Phi) is 6.32. The van der Waals surface area contributed by atoms with Crippen molar-refractivity contribution in [3.8, 4) is 0 Å². The zero-order valence-electron chi connectivity index (χ0n) is 15.4. The minimum atomic E-state index is -1.10. The average molecular weight is 373 g/mol. The van der Waals surface area contributed by atoms with Crippen molar-refractivity contribution in [3.63, 3.8) is 0 Å². The lowest BCUT2D eigenvalue weighted by atomic mass is 9.96. The monoisotopic (exact) mass is 373 g/mol. The van der Waals surface area contributed by atoms with Crippen molar-refractivity contribution < 1.29 is 19.5 Å². The molecule has 0 bridgehead atoms. The Hall–Kier alpha value is -2.57. The number of urea groups is 1. The molecule has 1 heterocycles. The number of carboxylic acid groups (broad SMARTS) is 1. The summed E-state index contributed by atoms with van der Waals surface area (Å²) in [6, 6.07) is 6.46. The molecule has 7 heteroatoms. The first kappa shape index (κ1) is 19.2. The fourth-order valence-corrected chi connectivity index (χ4v) is 3.91. The maximum atomic E-state index is 12.7. The Morgan fingerprint density at radius 3 is 2.00 bits per heavy atom. The second-order valence-electron chi connectivity index (χ2n) is 7.37. The Labute approximate surface area is 159 Å². The summed E-state index contributed by atoms with van der Waals surface area (Å²) in [6.07, 6.45) is 7.01. The number of aromatic carboxylic acids is 1. The van der Waals surface area contributed by atoms with Gasteiger partial charge in [0.1, 0.15) is 0 Å². The summed E-state index contributed by atoms with van der Waals surface area (Å²) < 4.78 is 0. The van der Waals surface area contributed by atoms with Crippen LogP contribution in [0.3, 0.4) is 0 Å². The number of carbonyl (C=O) groups excluding carboxylic acids is 2. The minimum absolute atomic E-state index is 0.0228. The molecule has 0 atom stereocenters. The molecule has 3 rings (SSSR count). The Balaban J connectivity index is 1.49. The van der Waals surface area contributed by atoms with Gasteiger partial charge in [0.15, 0.2) is 0 Å². The molecule has 0 radical (unpaired) electrons. The number of likely N-dealkylation sites (tertiary alicyclic amines) is 1. The van der Waals surface area contributed by atoms with Crippen LogP contribution in [0.25, 0.3) is 0 Å². The normalized spacial score (nSPS) is 18.7. The van der Waals surface area contributed by atoms with Crippen molar-refractivity contribution >= 4 is 17.9 Å². The average Bonchev–Trinajstić information content (AvgIpc) is 2.68. The van der Waals surface area contributed by atoms with Crippen LogP contribution in [0.1, 0.15) is 65.7 Å². The maximum Gasteiger partial charge on any atom is 0.336 e. The smallest absolute Gasteiger partial charge is 0.336 e. The molecule has 0 spiro atoms. The van der Waals surface area contributed by atoms with E-state index in [1.165, 1.54) is 25.3 Å². The van der Waals surface area contributed by atoms with Crippen LogP contribution >= 0.6 is 0 Å². The van der Waals surface area contributed by atoms with E-state index in [4.69, 9.17) is 0 Å². The van der Waals surface area contributed by atoms with Gasteiger partial charge in [-0.05, 0) is 37.8 Å². The SMILES string of the molecule is O=C(NC1CCCCC1)NC1CCN(C(=O)c2ccccc2C(=O)O)CC1. The van der Waals surface area contributed by atoms with Crippen molar-refractivity contribution in [1.82, 2.24) is 15.5 Å². The highest BCUT2D eigenvalue weighted by Gasteiger charge is 2.27. The predicted molar refractivity (Wildman–Crippen MR) is 101 cm³/mol. The molecule has 7 nitrogen and oxygen atoms in total. The van der Waals surface area contributed by atoms with Crippen LogP contribution in [-0.4, -0.2) is 53.1 Å². The zero-order chi connectivity index (χ0) is 19.2. The minimum Gasteiger partial charge on any atom is -0.478 e. The second-order valence-corrected chi connectivity index (χ2v) is 7.37. The second kappa shape index (κ2) is 8.88. The van der Waals surface area contributed by atoms with Gasteiger partial charge >= 0.3 is 12.0 Å². The fourth-order valence-electron chi connectivity index (χ4n) is 3.91. The molecule has 1 aromatic carbocycles. The maximum absolute atomic E-state index is 12.7. The van der Waals surface area contributed by atoms with E-state index in [1.807, 2.05) is 0 Å². The number of benzene rings is 1.